The number of benzene rings is 1. The van der Waals surface area contributed by atoms with Crippen molar-refractivity contribution in [3.63, 3.8) is 0 Å². The molecule has 3 atom stereocenters. The highest BCUT2D eigenvalue weighted by atomic mass is 19.1. The van der Waals surface area contributed by atoms with Gasteiger partial charge in [-0.2, -0.15) is 0 Å². The second-order valence-electron chi connectivity index (χ2n) is 5.83. The van der Waals surface area contributed by atoms with E-state index >= 15 is 0 Å². The lowest BCUT2D eigenvalue weighted by atomic mass is 9.76. The van der Waals surface area contributed by atoms with Gasteiger partial charge < -0.3 is 10.8 Å². The molecule has 1 saturated carbocycles. The monoisotopic (exact) mass is 251 g/mol. The van der Waals surface area contributed by atoms with E-state index in [1.807, 2.05) is 0 Å². The third-order valence-electron chi connectivity index (χ3n) is 4.37. The number of aliphatic hydroxyl groups excluding tert-OH is 1. The van der Waals surface area contributed by atoms with Crippen molar-refractivity contribution >= 4 is 0 Å². The van der Waals surface area contributed by atoms with Crippen LogP contribution in [0.15, 0.2) is 18.2 Å². The van der Waals surface area contributed by atoms with Crippen LogP contribution in [0, 0.1) is 24.1 Å². The minimum Gasteiger partial charge on any atom is -0.388 e. The molecule has 3 heteroatoms. The van der Waals surface area contributed by atoms with Crippen LogP contribution in [0.5, 0.6) is 0 Å². The van der Waals surface area contributed by atoms with E-state index in [1.165, 1.54) is 6.07 Å². The van der Waals surface area contributed by atoms with Gasteiger partial charge in [-0.15, -0.1) is 0 Å². The maximum Gasteiger partial charge on any atom is 0.126 e. The van der Waals surface area contributed by atoms with Crippen molar-refractivity contribution in [1.82, 2.24) is 0 Å². The van der Waals surface area contributed by atoms with Crippen molar-refractivity contribution in [2.24, 2.45) is 17.1 Å². The normalized spacial score (nSPS) is 29.5. The van der Waals surface area contributed by atoms with Crippen molar-refractivity contribution in [1.29, 1.82) is 0 Å². The van der Waals surface area contributed by atoms with E-state index in [1.54, 1.807) is 19.1 Å². The number of rotatable bonds is 3. The summed E-state index contributed by atoms with van der Waals surface area (Å²) in [5, 5.41) is 10.6. The summed E-state index contributed by atoms with van der Waals surface area (Å²) in [6.07, 6.45) is 2.41. The van der Waals surface area contributed by atoms with Gasteiger partial charge in [0.2, 0.25) is 0 Å². The number of hydrogen-bond donors (Lipinski definition) is 2. The van der Waals surface area contributed by atoms with Gasteiger partial charge in [0, 0.05) is 12.0 Å². The van der Waals surface area contributed by atoms with E-state index in [2.05, 4.69) is 6.92 Å². The lowest BCUT2D eigenvalue weighted by molar-refractivity contribution is 0.0307. The lowest BCUT2D eigenvalue weighted by Crippen LogP contribution is -2.34. The molecule has 100 valence electrons. The topological polar surface area (TPSA) is 46.2 Å². The second-order valence-corrected chi connectivity index (χ2v) is 5.83. The first kappa shape index (κ1) is 13.5. The van der Waals surface area contributed by atoms with Gasteiger partial charge in [-0.25, -0.2) is 4.39 Å². The van der Waals surface area contributed by atoms with Gasteiger partial charge in [0.1, 0.15) is 5.82 Å². The third-order valence-corrected chi connectivity index (χ3v) is 4.37. The average Bonchev–Trinajstić information content (AvgIpc) is 2.75. The van der Waals surface area contributed by atoms with E-state index < -0.39 is 6.10 Å². The first-order valence-corrected chi connectivity index (χ1v) is 6.63. The quantitative estimate of drug-likeness (QED) is 0.867. The molecule has 0 heterocycles. The highest BCUT2D eigenvalue weighted by molar-refractivity contribution is 5.27. The maximum atomic E-state index is 13.3. The van der Waals surface area contributed by atoms with E-state index in [0.29, 0.717) is 18.0 Å². The van der Waals surface area contributed by atoms with Crippen LogP contribution in [0.25, 0.3) is 0 Å². The van der Waals surface area contributed by atoms with E-state index in [4.69, 9.17) is 5.73 Å². The van der Waals surface area contributed by atoms with Crippen LogP contribution < -0.4 is 5.73 Å². The Kier molecular flexibility index (Phi) is 3.74. The van der Waals surface area contributed by atoms with Gasteiger partial charge in [-0.05, 0) is 42.9 Å². The summed E-state index contributed by atoms with van der Waals surface area (Å²) in [7, 11) is 0. The standard InChI is InChI=1S/C15H22FNO/c1-10-5-6-15(8-10,9-17)14(18)12-3-4-13(16)11(2)7-12/h3-4,7,10,14,18H,5-6,8-9,17H2,1-2H3. The summed E-state index contributed by atoms with van der Waals surface area (Å²) in [4.78, 5) is 0. The third kappa shape index (κ3) is 2.29. The first-order chi connectivity index (χ1) is 8.48. The molecule has 3 N–H and O–H groups in total. The van der Waals surface area contributed by atoms with Gasteiger partial charge in [-0.3, -0.25) is 0 Å². The highest BCUT2D eigenvalue weighted by Gasteiger charge is 2.42. The average molecular weight is 251 g/mol. The summed E-state index contributed by atoms with van der Waals surface area (Å²) in [6.45, 7) is 4.40. The smallest absolute Gasteiger partial charge is 0.126 e. The fourth-order valence-corrected chi connectivity index (χ4v) is 3.17. The molecular weight excluding hydrogens is 229 g/mol. The molecule has 1 fully saturated rings. The van der Waals surface area contributed by atoms with Crippen LogP contribution in [0.4, 0.5) is 4.39 Å². The van der Waals surface area contributed by atoms with E-state index in [9.17, 15) is 9.50 Å². The summed E-state index contributed by atoms with van der Waals surface area (Å²) in [5.41, 5.74) is 7.03. The molecule has 18 heavy (non-hydrogen) atoms. The van der Waals surface area contributed by atoms with Gasteiger partial charge in [0.25, 0.3) is 0 Å². The summed E-state index contributed by atoms with van der Waals surface area (Å²) in [5.74, 6) is 0.372. The van der Waals surface area contributed by atoms with Crippen LogP contribution >= 0.6 is 0 Å². The Balaban J connectivity index is 2.29. The van der Waals surface area contributed by atoms with Crippen LogP contribution in [0.1, 0.15) is 43.4 Å². The molecule has 0 amide bonds. The van der Waals surface area contributed by atoms with E-state index in [0.717, 1.165) is 24.8 Å². The Labute approximate surface area is 108 Å². The summed E-state index contributed by atoms with van der Waals surface area (Å²) in [6, 6.07) is 4.84. The number of aryl methyl sites for hydroxylation is 1. The molecule has 3 unspecified atom stereocenters. The molecule has 1 aromatic carbocycles. The van der Waals surface area contributed by atoms with E-state index in [-0.39, 0.29) is 11.2 Å². The molecule has 0 saturated heterocycles. The Hall–Kier alpha value is -0.930. The fourth-order valence-electron chi connectivity index (χ4n) is 3.17. The minimum absolute atomic E-state index is 0.229. The fraction of sp³-hybridized carbons (Fsp3) is 0.600. The van der Waals surface area contributed by atoms with Crippen molar-refractivity contribution in [2.75, 3.05) is 6.54 Å². The van der Waals surface area contributed by atoms with Crippen molar-refractivity contribution in [2.45, 2.75) is 39.2 Å². The SMILES string of the molecule is Cc1cc(C(O)C2(CN)CCC(C)C2)ccc1F. The lowest BCUT2D eigenvalue weighted by Gasteiger charge is -2.33. The first-order valence-electron chi connectivity index (χ1n) is 6.63. The number of nitrogens with two attached hydrogens (primary N) is 1. The van der Waals surface area contributed by atoms with Crippen LogP contribution in [-0.2, 0) is 0 Å². The number of halogens is 1. The summed E-state index contributed by atoms with van der Waals surface area (Å²) >= 11 is 0. The van der Waals surface area contributed by atoms with Crippen LogP contribution in [0.3, 0.4) is 0 Å². The molecule has 1 aromatic rings. The zero-order valence-electron chi connectivity index (χ0n) is 11.1. The molecule has 0 spiro atoms. The van der Waals surface area contributed by atoms with Gasteiger partial charge in [-0.1, -0.05) is 25.5 Å². The molecular formula is C15H22FNO. The number of aliphatic hydroxyl groups is 1. The second kappa shape index (κ2) is 4.98. The predicted molar refractivity (Wildman–Crippen MR) is 70.6 cm³/mol. The van der Waals surface area contributed by atoms with Crippen molar-refractivity contribution in [3.05, 3.63) is 35.1 Å². The molecule has 0 aliphatic heterocycles. The van der Waals surface area contributed by atoms with Crippen LogP contribution in [-0.4, -0.2) is 11.7 Å². The molecule has 1 aliphatic carbocycles. The maximum absolute atomic E-state index is 13.3. The summed E-state index contributed by atoms with van der Waals surface area (Å²) < 4.78 is 13.3. The molecule has 0 aromatic heterocycles. The molecule has 2 nitrogen and oxygen atoms in total. The highest BCUT2D eigenvalue weighted by Crippen LogP contribution is 2.49. The predicted octanol–water partition coefficient (Wildman–Crippen LogP) is 2.93. The minimum atomic E-state index is -0.591. The van der Waals surface area contributed by atoms with Gasteiger partial charge in [0.05, 0.1) is 6.10 Å². The molecule has 0 bridgehead atoms. The molecule has 1 aliphatic rings. The largest absolute Gasteiger partial charge is 0.388 e. The van der Waals surface area contributed by atoms with Crippen LogP contribution in [0.2, 0.25) is 0 Å². The molecule has 0 radical (unpaired) electrons. The zero-order chi connectivity index (χ0) is 13.3. The van der Waals surface area contributed by atoms with Gasteiger partial charge >= 0.3 is 0 Å². The molecule has 2 rings (SSSR count). The number of hydrogen-bond acceptors (Lipinski definition) is 2. The van der Waals surface area contributed by atoms with Crippen molar-refractivity contribution in [3.8, 4) is 0 Å². The Bertz CT molecular complexity index is 435. The zero-order valence-corrected chi connectivity index (χ0v) is 11.1. The Morgan fingerprint density at radius 3 is 2.78 bits per heavy atom. The van der Waals surface area contributed by atoms with Crippen molar-refractivity contribution < 1.29 is 9.50 Å². The Morgan fingerprint density at radius 2 is 2.28 bits per heavy atom. The van der Waals surface area contributed by atoms with Gasteiger partial charge in [0.15, 0.2) is 0 Å². The Morgan fingerprint density at radius 1 is 1.56 bits per heavy atom.